The molecule has 0 bridgehead atoms. The Morgan fingerprint density at radius 2 is 2.18 bits per heavy atom. The van der Waals surface area contributed by atoms with Crippen molar-refractivity contribution in [3.63, 3.8) is 0 Å². The van der Waals surface area contributed by atoms with Crippen LogP contribution in [-0.2, 0) is 16.0 Å². The van der Waals surface area contributed by atoms with E-state index in [0.717, 1.165) is 22.9 Å². The Hall–Kier alpha value is -2.14. The molecule has 0 spiro atoms. The van der Waals surface area contributed by atoms with Gasteiger partial charge in [-0.2, -0.15) is 0 Å². The Labute approximate surface area is 129 Å². The summed E-state index contributed by atoms with van der Waals surface area (Å²) in [5.41, 5.74) is 2.43. The monoisotopic (exact) mass is 302 g/mol. The highest BCUT2D eigenvalue weighted by Gasteiger charge is 2.07. The molecule has 22 heavy (non-hydrogen) atoms. The van der Waals surface area contributed by atoms with Gasteiger partial charge >= 0.3 is 0 Å². The molecule has 5 heteroatoms. The maximum absolute atomic E-state index is 12.1. The van der Waals surface area contributed by atoms with E-state index in [-0.39, 0.29) is 11.5 Å². The molecule has 0 radical (unpaired) electrons. The minimum Gasteiger partial charge on any atom is -0.385 e. The number of para-hydroxylation sites is 1. The molecule has 0 saturated carbocycles. The number of pyridine rings is 1. The molecule has 2 rings (SSSR count). The molecular weight excluding hydrogens is 280 g/mol. The van der Waals surface area contributed by atoms with Gasteiger partial charge in [-0.25, -0.2) is 0 Å². The molecule has 2 aromatic rings. The number of methoxy groups -OCH3 is 1. The van der Waals surface area contributed by atoms with Gasteiger partial charge in [0.1, 0.15) is 0 Å². The van der Waals surface area contributed by atoms with Crippen molar-refractivity contribution < 1.29 is 9.53 Å². The molecular formula is C17H22N2O3. The number of carbonyl (C=O) groups is 1. The topological polar surface area (TPSA) is 71.2 Å². The van der Waals surface area contributed by atoms with Gasteiger partial charge in [-0.3, -0.25) is 9.59 Å². The van der Waals surface area contributed by atoms with E-state index in [1.165, 1.54) is 0 Å². The van der Waals surface area contributed by atoms with Gasteiger partial charge in [-0.05, 0) is 36.8 Å². The number of aromatic nitrogens is 1. The van der Waals surface area contributed by atoms with Gasteiger partial charge in [0.2, 0.25) is 5.91 Å². The summed E-state index contributed by atoms with van der Waals surface area (Å²) in [6.45, 7) is 3.19. The standard InChI is InChI=1S/C17H22N2O3/c1-12-5-3-6-13-11-14(17(21)19-16(12)13)7-8-15(20)18-9-4-10-22-2/h3,5-6,11H,4,7-10H2,1-2H3,(H,18,20)(H,19,21). The van der Waals surface area contributed by atoms with Crippen LogP contribution in [0.3, 0.4) is 0 Å². The molecule has 0 atom stereocenters. The normalized spacial score (nSPS) is 10.8. The van der Waals surface area contributed by atoms with Crippen LogP contribution in [0.1, 0.15) is 24.0 Å². The highest BCUT2D eigenvalue weighted by molar-refractivity contribution is 5.82. The van der Waals surface area contributed by atoms with E-state index in [9.17, 15) is 9.59 Å². The predicted octanol–water partition coefficient (Wildman–Crippen LogP) is 1.92. The van der Waals surface area contributed by atoms with Crippen molar-refractivity contribution in [3.05, 3.63) is 45.7 Å². The third kappa shape index (κ3) is 4.18. The fourth-order valence-corrected chi connectivity index (χ4v) is 2.40. The number of fused-ring (bicyclic) bond motifs is 1. The quantitative estimate of drug-likeness (QED) is 0.768. The van der Waals surface area contributed by atoms with Crippen LogP contribution in [0.5, 0.6) is 0 Å². The van der Waals surface area contributed by atoms with E-state index in [0.29, 0.717) is 31.6 Å². The number of aromatic amines is 1. The van der Waals surface area contributed by atoms with E-state index in [4.69, 9.17) is 4.74 Å². The molecule has 1 amide bonds. The fraction of sp³-hybridized carbons (Fsp3) is 0.412. The minimum absolute atomic E-state index is 0.0418. The Balaban J connectivity index is 1.98. The zero-order valence-electron chi connectivity index (χ0n) is 13.1. The first-order chi connectivity index (χ1) is 10.6. The molecule has 118 valence electrons. The molecule has 1 aromatic carbocycles. The van der Waals surface area contributed by atoms with E-state index < -0.39 is 0 Å². The lowest BCUT2D eigenvalue weighted by Crippen LogP contribution is -2.26. The van der Waals surface area contributed by atoms with Crippen LogP contribution in [-0.4, -0.2) is 31.2 Å². The Morgan fingerprint density at radius 3 is 2.95 bits per heavy atom. The zero-order chi connectivity index (χ0) is 15.9. The summed E-state index contributed by atoms with van der Waals surface area (Å²) in [5, 5.41) is 3.82. The second-order valence-corrected chi connectivity index (χ2v) is 5.36. The van der Waals surface area contributed by atoms with Crippen molar-refractivity contribution in [2.75, 3.05) is 20.3 Å². The smallest absolute Gasteiger partial charge is 0.251 e. The number of hydrogen-bond acceptors (Lipinski definition) is 3. The fourth-order valence-electron chi connectivity index (χ4n) is 2.40. The average Bonchev–Trinajstić information content (AvgIpc) is 2.50. The summed E-state index contributed by atoms with van der Waals surface area (Å²) in [7, 11) is 1.63. The molecule has 0 aliphatic rings. The minimum atomic E-state index is -0.117. The number of H-pyrrole nitrogens is 1. The van der Waals surface area contributed by atoms with Crippen molar-refractivity contribution in [2.24, 2.45) is 0 Å². The Bertz CT molecular complexity index is 707. The van der Waals surface area contributed by atoms with Gasteiger partial charge in [-0.15, -0.1) is 0 Å². The first-order valence-corrected chi connectivity index (χ1v) is 7.49. The molecule has 0 aliphatic heterocycles. The van der Waals surface area contributed by atoms with E-state index in [2.05, 4.69) is 10.3 Å². The average molecular weight is 302 g/mol. The van der Waals surface area contributed by atoms with Crippen LogP contribution in [0.4, 0.5) is 0 Å². The number of nitrogens with one attached hydrogen (secondary N) is 2. The molecule has 0 aliphatic carbocycles. The number of rotatable bonds is 7. The number of amides is 1. The number of hydrogen-bond donors (Lipinski definition) is 2. The van der Waals surface area contributed by atoms with Crippen molar-refractivity contribution in [1.82, 2.24) is 10.3 Å². The molecule has 0 saturated heterocycles. The summed E-state index contributed by atoms with van der Waals surface area (Å²) in [6, 6.07) is 7.76. The van der Waals surface area contributed by atoms with Crippen molar-refractivity contribution in [1.29, 1.82) is 0 Å². The summed E-state index contributed by atoms with van der Waals surface area (Å²) >= 11 is 0. The van der Waals surface area contributed by atoms with Gasteiger partial charge in [0.25, 0.3) is 5.56 Å². The lowest BCUT2D eigenvalue weighted by molar-refractivity contribution is -0.121. The molecule has 0 unspecified atom stereocenters. The number of benzene rings is 1. The Morgan fingerprint density at radius 1 is 1.36 bits per heavy atom. The van der Waals surface area contributed by atoms with Crippen LogP contribution in [0.25, 0.3) is 10.9 Å². The third-order valence-electron chi connectivity index (χ3n) is 3.63. The summed E-state index contributed by atoms with van der Waals surface area (Å²) in [6.07, 6.45) is 1.54. The molecule has 2 N–H and O–H groups in total. The lowest BCUT2D eigenvalue weighted by atomic mass is 10.1. The second-order valence-electron chi connectivity index (χ2n) is 5.36. The van der Waals surface area contributed by atoms with Gasteiger partial charge in [-0.1, -0.05) is 18.2 Å². The summed E-state index contributed by atoms with van der Waals surface area (Å²) < 4.78 is 4.92. The van der Waals surface area contributed by atoms with Gasteiger partial charge in [0, 0.05) is 32.2 Å². The Kier molecular flexibility index (Phi) is 5.72. The number of carbonyl (C=O) groups excluding carboxylic acids is 1. The number of ether oxygens (including phenoxy) is 1. The first kappa shape index (κ1) is 16.2. The second kappa shape index (κ2) is 7.75. The van der Waals surface area contributed by atoms with E-state index in [1.807, 2.05) is 31.2 Å². The number of aryl methyl sites for hydroxylation is 2. The van der Waals surface area contributed by atoms with Crippen LogP contribution in [0, 0.1) is 6.92 Å². The van der Waals surface area contributed by atoms with Crippen LogP contribution >= 0.6 is 0 Å². The van der Waals surface area contributed by atoms with Crippen molar-refractivity contribution in [3.8, 4) is 0 Å². The van der Waals surface area contributed by atoms with Crippen molar-refractivity contribution >= 4 is 16.8 Å². The largest absolute Gasteiger partial charge is 0.385 e. The van der Waals surface area contributed by atoms with Gasteiger partial charge in [0.15, 0.2) is 0 Å². The summed E-state index contributed by atoms with van der Waals surface area (Å²) in [5.74, 6) is -0.0418. The highest BCUT2D eigenvalue weighted by atomic mass is 16.5. The predicted molar refractivity (Wildman–Crippen MR) is 87.1 cm³/mol. The zero-order valence-corrected chi connectivity index (χ0v) is 13.1. The lowest BCUT2D eigenvalue weighted by Gasteiger charge is -2.06. The van der Waals surface area contributed by atoms with Gasteiger partial charge in [0.05, 0.1) is 5.52 Å². The SMILES string of the molecule is COCCCNC(=O)CCc1cc2cccc(C)c2[nH]c1=O. The maximum Gasteiger partial charge on any atom is 0.251 e. The van der Waals surface area contributed by atoms with Crippen LogP contribution in [0.2, 0.25) is 0 Å². The summed E-state index contributed by atoms with van der Waals surface area (Å²) in [4.78, 5) is 26.7. The molecule has 1 aromatic heterocycles. The van der Waals surface area contributed by atoms with Crippen molar-refractivity contribution in [2.45, 2.75) is 26.2 Å². The first-order valence-electron chi connectivity index (χ1n) is 7.49. The molecule has 0 fully saturated rings. The third-order valence-corrected chi connectivity index (χ3v) is 3.63. The van der Waals surface area contributed by atoms with Gasteiger partial charge < -0.3 is 15.0 Å². The molecule has 5 nitrogen and oxygen atoms in total. The maximum atomic E-state index is 12.1. The molecule has 1 heterocycles. The highest BCUT2D eigenvalue weighted by Crippen LogP contribution is 2.15. The van der Waals surface area contributed by atoms with E-state index in [1.54, 1.807) is 7.11 Å². The van der Waals surface area contributed by atoms with Crippen LogP contribution < -0.4 is 10.9 Å². The van der Waals surface area contributed by atoms with Crippen LogP contribution in [0.15, 0.2) is 29.1 Å². The van der Waals surface area contributed by atoms with E-state index >= 15 is 0 Å².